The van der Waals surface area contributed by atoms with Gasteiger partial charge >= 0.3 is 5.69 Å². The number of nitrogens with one attached hydrogen (secondary N) is 2. The van der Waals surface area contributed by atoms with Crippen LogP contribution in [0.2, 0.25) is 0 Å². The van der Waals surface area contributed by atoms with Gasteiger partial charge in [-0.3, -0.25) is 19.7 Å². The van der Waals surface area contributed by atoms with Gasteiger partial charge < -0.3 is 21.3 Å². The van der Waals surface area contributed by atoms with E-state index in [0.29, 0.717) is 24.9 Å². The van der Waals surface area contributed by atoms with Gasteiger partial charge in [-0.25, -0.2) is 14.4 Å². The first kappa shape index (κ1) is 22.3. The molecule has 3 rings (SSSR count). The molecule has 0 spiro atoms. The van der Waals surface area contributed by atoms with E-state index in [4.69, 9.17) is 5.73 Å². The third-order valence-electron chi connectivity index (χ3n) is 4.69. The number of nitro groups is 1. The molecule has 4 N–H and O–H groups in total. The highest BCUT2D eigenvalue weighted by atomic mass is 79.9. The smallest absolute Gasteiger partial charge is 0.353 e. The van der Waals surface area contributed by atoms with Crippen molar-refractivity contribution < 1.29 is 18.9 Å². The molecule has 0 radical (unpaired) electrons. The summed E-state index contributed by atoms with van der Waals surface area (Å²) in [4.78, 5) is 44.2. The molecule has 2 heterocycles. The second kappa shape index (κ2) is 9.64. The zero-order valence-corrected chi connectivity index (χ0v) is 17.8. The molecule has 2 amide bonds. The second-order valence-corrected chi connectivity index (χ2v) is 7.64. The number of nitrogens with zero attached hydrogens (tertiary/aromatic N) is 4. The number of anilines is 2. The van der Waals surface area contributed by atoms with Crippen molar-refractivity contribution in [2.45, 2.75) is 25.4 Å². The second-order valence-electron chi connectivity index (χ2n) is 6.79. The van der Waals surface area contributed by atoms with Crippen LogP contribution in [0.4, 0.5) is 21.7 Å². The molecule has 2 aromatic rings. The SMILES string of the molecule is NC(=O)CNC(=O)C1CCCN1c1ncnc(NCc2ccc(F)c(Br)c2)c1[N+](=O)[O-]. The number of halogens is 2. The third-order valence-corrected chi connectivity index (χ3v) is 5.30. The average molecular weight is 496 g/mol. The van der Waals surface area contributed by atoms with E-state index in [0.717, 1.165) is 0 Å². The van der Waals surface area contributed by atoms with Crippen LogP contribution >= 0.6 is 15.9 Å². The summed E-state index contributed by atoms with van der Waals surface area (Å²) in [5.41, 5.74) is 5.36. The summed E-state index contributed by atoms with van der Waals surface area (Å²) in [7, 11) is 0. The van der Waals surface area contributed by atoms with Crippen LogP contribution in [0.5, 0.6) is 0 Å². The summed E-state index contributed by atoms with van der Waals surface area (Å²) in [6, 6.07) is 3.64. The van der Waals surface area contributed by atoms with E-state index < -0.39 is 28.6 Å². The van der Waals surface area contributed by atoms with Crippen LogP contribution in [0, 0.1) is 15.9 Å². The number of amides is 2. The van der Waals surface area contributed by atoms with Crippen molar-refractivity contribution in [3.63, 3.8) is 0 Å². The maximum absolute atomic E-state index is 13.4. The molecule has 1 aromatic carbocycles. The predicted molar refractivity (Wildman–Crippen MR) is 113 cm³/mol. The van der Waals surface area contributed by atoms with Crippen molar-refractivity contribution in [2.75, 3.05) is 23.3 Å². The van der Waals surface area contributed by atoms with Gasteiger partial charge in [0.1, 0.15) is 18.2 Å². The minimum Gasteiger partial charge on any atom is -0.368 e. The van der Waals surface area contributed by atoms with Gasteiger partial charge in [-0.15, -0.1) is 0 Å². The van der Waals surface area contributed by atoms with Crippen LogP contribution in [0.15, 0.2) is 29.0 Å². The predicted octanol–water partition coefficient (Wildman–Crippen LogP) is 1.47. The Morgan fingerprint density at radius 1 is 1.39 bits per heavy atom. The van der Waals surface area contributed by atoms with E-state index in [2.05, 4.69) is 36.5 Å². The van der Waals surface area contributed by atoms with Crippen molar-refractivity contribution >= 4 is 45.1 Å². The largest absolute Gasteiger partial charge is 0.368 e. The summed E-state index contributed by atoms with van der Waals surface area (Å²) >= 11 is 3.10. The molecule has 1 aliphatic rings. The van der Waals surface area contributed by atoms with Gasteiger partial charge in [0.25, 0.3) is 0 Å². The number of aromatic nitrogens is 2. The molecule has 1 fully saturated rings. The highest BCUT2D eigenvalue weighted by Gasteiger charge is 2.37. The molecule has 1 saturated heterocycles. The van der Waals surface area contributed by atoms with E-state index >= 15 is 0 Å². The summed E-state index contributed by atoms with van der Waals surface area (Å²) < 4.78 is 13.7. The minimum atomic E-state index is -0.728. The Morgan fingerprint density at radius 3 is 2.84 bits per heavy atom. The lowest BCUT2D eigenvalue weighted by atomic mass is 10.2. The molecular formula is C18H19BrFN7O4. The molecule has 0 aliphatic carbocycles. The lowest BCUT2D eigenvalue weighted by molar-refractivity contribution is -0.383. The monoisotopic (exact) mass is 495 g/mol. The van der Waals surface area contributed by atoms with Crippen LogP contribution in [0.3, 0.4) is 0 Å². The molecule has 164 valence electrons. The Kier molecular flexibility index (Phi) is 6.95. The third kappa shape index (κ3) is 5.23. The molecule has 1 atom stereocenters. The lowest BCUT2D eigenvalue weighted by Crippen LogP contribution is -2.46. The Balaban J connectivity index is 1.85. The van der Waals surface area contributed by atoms with Gasteiger partial charge in [0.2, 0.25) is 23.5 Å². The summed E-state index contributed by atoms with van der Waals surface area (Å²) in [6.45, 7) is 0.199. The maximum Gasteiger partial charge on any atom is 0.353 e. The van der Waals surface area contributed by atoms with Crippen LogP contribution in [-0.4, -0.2) is 45.8 Å². The van der Waals surface area contributed by atoms with Crippen molar-refractivity contribution in [1.82, 2.24) is 15.3 Å². The summed E-state index contributed by atoms with van der Waals surface area (Å²) in [5.74, 6) is -1.60. The van der Waals surface area contributed by atoms with Gasteiger partial charge in [0.15, 0.2) is 0 Å². The number of carbonyl (C=O) groups is 2. The maximum atomic E-state index is 13.4. The lowest BCUT2D eigenvalue weighted by Gasteiger charge is -2.24. The quantitative estimate of drug-likeness (QED) is 0.367. The fourth-order valence-corrected chi connectivity index (χ4v) is 3.72. The van der Waals surface area contributed by atoms with Crippen LogP contribution in [0.25, 0.3) is 0 Å². The van der Waals surface area contributed by atoms with E-state index in [1.54, 1.807) is 12.1 Å². The topological polar surface area (TPSA) is 156 Å². The zero-order valence-electron chi connectivity index (χ0n) is 16.2. The number of hydrogen-bond acceptors (Lipinski definition) is 8. The first-order chi connectivity index (χ1) is 14.8. The molecule has 13 heteroatoms. The first-order valence-corrected chi connectivity index (χ1v) is 10.1. The highest BCUT2D eigenvalue weighted by Crippen LogP contribution is 2.36. The number of primary amides is 1. The van der Waals surface area contributed by atoms with E-state index in [9.17, 15) is 24.1 Å². The molecule has 1 unspecified atom stereocenters. The highest BCUT2D eigenvalue weighted by molar-refractivity contribution is 9.10. The Hall–Kier alpha value is -3.35. The molecule has 0 bridgehead atoms. The Bertz CT molecular complexity index is 1020. The molecule has 0 saturated carbocycles. The van der Waals surface area contributed by atoms with Crippen molar-refractivity contribution in [1.29, 1.82) is 0 Å². The van der Waals surface area contributed by atoms with Gasteiger partial charge in [-0.2, -0.15) is 0 Å². The Morgan fingerprint density at radius 2 is 2.16 bits per heavy atom. The van der Waals surface area contributed by atoms with Gasteiger partial charge in [-0.05, 0) is 46.5 Å². The molecular weight excluding hydrogens is 477 g/mol. The van der Waals surface area contributed by atoms with Crippen LogP contribution < -0.4 is 21.3 Å². The number of hydrogen-bond donors (Lipinski definition) is 3. The molecule has 31 heavy (non-hydrogen) atoms. The number of nitrogens with two attached hydrogens (primary N) is 1. The standard InChI is InChI=1S/C18H19BrFN7O4/c19-11-6-10(3-4-12(11)20)7-22-16-15(27(30)31)17(25-9-24-16)26-5-1-2-13(26)18(29)23-8-14(21)28/h3-4,6,9,13H,1-2,5,7-8H2,(H2,21,28)(H,23,29)(H,22,24,25). The van der Waals surface area contributed by atoms with E-state index in [-0.39, 0.29) is 34.9 Å². The number of carbonyl (C=O) groups excluding carboxylic acids is 2. The first-order valence-electron chi connectivity index (χ1n) is 9.27. The minimum absolute atomic E-state index is 0.000452. The number of benzene rings is 1. The normalized spacial score (nSPS) is 15.5. The molecule has 1 aliphatic heterocycles. The van der Waals surface area contributed by atoms with Crippen LogP contribution in [-0.2, 0) is 16.1 Å². The average Bonchev–Trinajstić information content (AvgIpc) is 3.22. The van der Waals surface area contributed by atoms with E-state index in [1.807, 2.05) is 0 Å². The zero-order chi connectivity index (χ0) is 22.5. The molecule has 11 nitrogen and oxygen atoms in total. The van der Waals surface area contributed by atoms with Crippen molar-refractivity contribution in [3.05, 3.63) is 50.5 Å². The fraction of sp³-hybridized carbons (Fsp3) is 0.333. The van der Waals surface area contributed by atoms with E-state index in [1.165, 1.54) is 17.3 Å². The van der Waals surface area contributed by atoms with Gasteiger partial charge in [0.05, 0.1) is 15.9 Å². The van der Waals surface area contributed by atoms with Crippen molar-refractivity contribution in [3.8, 4) is 0 Å². The number of rotatable bonds is 8. The summed E-state index contributed by atoms with van der Waals surface area (Å²) in [6.07, 6.45) is 2.22. The van der Waals surface area contributed by atoms with Crippen molar-refractivity contribution in [2.24, 2.45) is 5.73 Å². The molecule has 1 aromatic heterocycles. The van der Waals surface area contributed by atoms with Gasteiger partial charge in [0, 0.05) is 13.1 Å². The van der Waals surface area contributed by atoms with Crippen LogP contribution in [0.1, 0.15) is 18.4 Å². The Labute approximate surface area is 184 Å². The summed E-state index contributed by atoms with van der Waals surface area (Å²) in [5, 5.41) is 17.1. The van der Waals surface area contributed by atoms with Gasteiger partial charge in [-0.1, -0.05) is 6.07 Å². The fourth-order valence-electron chi connectivity index (χ4n) is 3.30.